The van der Waals surface area contributed by atoms with Crippen molar-refractivity contribution < 1.29 is 4.79 Å². The van der Waals surface area contributed by atoms with Crippen LogP contribution in [-0.2, 0) is 0 Å². The van der Waals surface area contributed by atoms with E-state index in [9.17, 15) is 4.79 Å². The molecule has 1 unspecified atom stereocenters. The fourth-order valence-corrected chi connectivity index (χ4v) is 2.82. The summed E-state index contributed by atoms with van der Waals surface area (Å²) in [4.78, 5) is 13.7. The highest BCUT2D eigenvalue weighted by Crippen LogP contribution is 2.31. The van der Waals surface area contributed by atoms with Crippen LogP contribution in [0, 0.1) is 0 Å². The van der Waals surface area contributed by atoms with Gasteiger partial charge in [0.05, 0.1) is 16.3 Å². The summed E-state index contributed by atoms with van der Waals surface area (Å²) in [6, 6.07) is 5.68. The van der Waals surface area contributed by atoms with Crippen LogP contribution in [0.5, 0.6) is 0 Å². The number of carbonyl (C=O) groups is 1. The van der Waals surface area contributed by atoms with Crippen LogP contribution in [-0.4, -0.2) is 25.0 Å². The van der Waals surface area contributed by atoms with Crippen molar-refractivity contribution in [3.05, 3.63) is 28.8 Å². The van der Waals surface area contributed by atoms with E-state index < -0.39 is 5.91 Å². The first kappa shape index (κ1) is 13.2. The van der Waals surface area contributed by atoms with E-state index in [0.29, 0.717) is 17.1 Å². The molecule has 1 aliphatic rings. The predicted molar refractivity (Wildman–Crippen MR) is 74.0 cm³/mol. The topological polar surface area (TPSA) is 72.3 Å². The number of nitrogens with zero attached hydrogens (tertiary/aromatic N) is 1. The Hall–Kier alpha value is -1.26. The molecule has 98 valence electrons. The van der Waals surface area contributed by atoms with E-state index in [0.717, 1.165) is 25.1 Å². The average Bonchev–Trinajstić information content (AvgIpc) is 2.38. The lowest BCUT2D eigenvalue weighted by Gasteiger charge is -2.37. The standard InChI is InChI=1S/C13H18ClN3O/c14-10-5-3-6-11(12(10)13(16)18)17-7-2-1-4-9(17)8-15/h3,5-6,9H,1-2,4,7-8,15H2,(H2,16,18). The fraction of sp³-hybridized carbons (Fsp3) is 0.462. The Labute approximate surface area is 112 Å². The SMILES string of the molecule is NCC1CCCCN1c1cccc(Cl)c1C(N)=O. The largest absolute Gasteiger partial charge is 0.367 e. The molecule has 0 aromatic heterocycles. The van der Waals surface area contributed by atoms with E-state index in [2.05, 4.69) is 4.90 Å². The first-order chi connectivity index (χ1) is 8.65. The molecule has 1 aromatic carbocycles. The summed E-state index contributed by atoms with van der Waals surface area (Å²) >= 11 is 6.08. The van der Waals surface area contributed by atoms with Gasteiger partial charge in [0.1, 0.15) is 0 Å². The molecule has 0 spiro atoms. The maximum absolute atomic E-state index is 11.6. The normalized spacial score (nSPS) is 19.9. The third-order valence-corrected chi connectivity index (χ3v) is 3.76. The minimum atomic E-state index is -0.489. The van der Waals surface area contributed by atoms with Crippen LogP contribution in [0.25, 0.3) is 0 Å². The molecule has 1 heterocycles. The quantitative estimate of drug-likeness (QED) is 0.876. The third-order valence-electron chi connectivity index (χ3n) is 3.45. The van der Waals surface area contributed by atoms with Gasteiger partial charge in [-0.15, -0.1) is 0 Å². The maximum Gasteiger partial charge on any atom is 0.252 e. The summed E-state index contributed by atoms with van der Waals surface area (Å²) in [5.41, 5.74) is 12.4. The molecule has 1 atom stereocenters. The number of anilines is 1. The summed E-state index contributed by atoms with van der Waals surface area (Å²) < 4.78 is 0. The summed E-state index contributed by atoms with van der Waals surface area (Å²) in [7, 11) is 0. The lowest BCUT2D eigenvalue weighted by Crippen LogP contribution is -2.45. The van der Waals surface area contributed by atoms with Crippen molar-refractivity contribution in [2.45, 2.75) is 25.3 Å². The molecule has 2 rings (SSSR count). The molecule has 0 radical (unpaired) electrons. The van der Waals surface area contributed by atoms with Crippen molar-refractivity contribution in [2.75, 3.05) is 18.0 Å². The molecule has 1 amide bonds. The molecule has 0 saturated carbocycles. The number of carbonyl (C=O) groups excluding carboxylic acids is 1. The van der Waals surface area contributed by atoms with Crippen LogP contribution in [0.4, 0.5) is 5.69 Å². The second-order valence-corrected chi connectivity index (χ2v) is 4.98. The maximum atomic E-state index is 11.6. The van der Waals surface area contributed by atoms with Crippen molar-refractivity contribution >= 4 is 23.2 Å². The molecule has 1 saturated heterocycles. The number of rotatable bonds is 3. The van der Waals surface area contributed by atoms with Gasteiger partial charge in [-0.3, -0.25) is 4.79 Å². The van der Waals surface area contributed by atoms with E-state index >= 15 is 0 Å². The van der Waals surface area contributed by atoms with Gasteiger partial charge in [0, 0.05) is 19.1 Å². The monoisotopic (exact) mass is 267 g/mol. The van der Waals surface area contributed by atoms with E-state index in [-0.39, 0.29) is 6.04 Å². The van der Waals surface area contributed by atoms with E-state index in [4.69, 9.17) is 23.1 Å². The number of hydrogen-bond acceptors (Lipinski definition) is 3. The number of halogens is 1. The molecule has 1 aliphatic heterocycles. The fourth-order valence-electron chi connectivity index (χ4n) is 2.56. The number of nitrogens with two attached hydrogens (primary N) is 2. The van der Waals surface area contributed by atoms with E-state index in [1.54, 1.807) is 6.07 Å². The van der Waals surface area contributed by atoms with E-state index in [1.165, 1.54) is 6.42 Å². The minimum Gasteiger partial charge on any atom is -0.367 e. The third kappa shape index (κ3) is 2.44. The lowest BCUT2D eigenvalue weighted by molar-refractivity contribution is 0.100. The van der Waals surface area contributed by atoms with Crippen LogP contribution in [0.1, 0.15) is 29.6 Å². The van der Waals surface area contributed by atoms with Crippen LogP contribution in [0.15, 0.2) is 18.2 Å². The van der Waals surface area contributed by atoms with Gasteiger partial charge in [-0.2, -0.15) is 0 Å². The smallest absolute Gasteiger partial charge is 0.252 e. The summed E-state index contributed by atoms with van der Waals surface area (Å²) in [5, 5.41) is 0.404. The zero-order chi connectivity index (χ0) is 13.1. The average molecular weight is 268 g/mol. The van der Waals surface area contributed by atoms with Crippen LogP contribution in [0.3, 0.4) is 0 Å². The minimum absolute atomic E-state index is 0.260. The molecule has 4 N–H and O–H groups in total. The van der Waals surface area contributed by atoms with Gasteiger partial charge in [-0.25, -0.2) is 0 Å². The molecule has 4 nitrogen and oxygen atoms in total. The van der Waals surface area contributed by atoms with Gasteiger partial charge in [-0.1, -0.05) is 17.7 Å². The molecule has 0 bridgehead atoms. The van der Waals surface area contributed by atoms with Crippen LogP contribution in [0.2, 0.25) is 5.02 Å². The molecule has 5 heteroatoms. The van der Waals surface area contributed by atoms with Gasteiger partial charge >= 0.3 is 0 Å². The molecule has 1 aromatic rings. The van der Waals surface area contributed by atoms with Gasteiger partial charge in [0.15, 0.2) is 0 Å². The predicted octanol–water partition coefficient (Wildman–Crippen LogP) is 1.76. The van der Waals surface area contributed by atoms with Crippen molar-refractivity contribution in [3.8, 4) is 0 Å². The van der Waals surface area contributed by atoms with Gasteiger partial charge in [0.2, 0.25) is 0 Å². The van der Waals surface area contributed by atoms with Crippen LogP contribution >= 0.6 is 11.6 Å². The zero-order valence-electron chi connectivity index (χ0n) is 10.2. The number of primary amides is 1. The molecular formula is C13H18ClN3O. The first-order valence-corrected chi connectivity index (χ1v) is 6.58. The molecule has 1 fully saturated rings. The number of amides is 1. The second-order valence-electron chi connectivity index (χ2n) is 4.58. The number of piperidine rings is 1. The van der Waals surface area contributed by atoms with Crippen molar-refractivity contribution in [2.24, 2.45) is 11.5 Å². The van der Waals surface area contributed by atoms with Gasteiger partial charge < -0.3 is 16.4 Å². The Morgan fingerprint density at radius 3 is 2.89 bits per heavy atom. The second kappa shape index (κ2) is 5.59. The molecular weight excluding hydrogens is 250 g/mol. The number of hydrogen-bond donors (Lipinski definition) is 2. The summed E-state index contributed by atoms with van der Waals surface area (Å²) in [5.74, 6) is -0.489. The Balaban J connectivity index is 2.42. The Bertz CT molecular complexity index is 450. The van der Waals surface area contributed by atoms with Crippen molar-refractivity contribution in [1.82, 2.24) is 0 Å². The Morgan fingerprint density at radius 1 is 1.44 bits per heavy atom. The van der Waals surface area contributed by atoms with Crippen molar-refractivity contribution in [3.63, 3.8) is 0 Å². The Morgan fingerprint density at radius 2 is 2.22 bits per heavy atom. The van der Waals surface area contributed by atoms with Gasteiger partial charge in [-0.05, 0) is 31.4 Å². The van der Waals surface area contributed by atoms with Crippen molar-refractivity contribution in [1.29, 1.82) is 0 Å². The van der Waals surface area contributed by atoms with Gasteiger partial charge in [0.25, 0.3) is 5.91 Å². The first-order valence-electron chi connectivity index (χ1n) is 6.20. The summed E-state index contributed by atoms with van der Waals surface area (Å²) in [6.07, 6.45) is 3.31. The lowest BCUT2D eigenvalue weighted by atomic mass is 9.99. The number of benzene rings is 1. The highest BCUT2D eigenvalue weighted by Gasteiger charge is 2.25. The highest BCUT2D eigenvalue weighted by atomic mass is 35.5. The highest BCUT2D eigenvalue weighted by molar-refractivity contribution is 6.34. The van der Waals surface area contributed by atoms with E-state index in [1.807, 2.05) is 12.1 Å². The Kier molecular flexibility index (Phi) is 4.09. The molecule has 0 aliphatic carbocycles. The summed E-state index contributed by atoms with van der Waals surface area (Å²) in [6.45, 7) is 1.47. The van der Waals surface area contributed by atoms with Crippen LogP contribution < -0.4 is 16.4 Å². The zero-order valence-corrected chi connectivity index (χ0v) is 11.0. The molecule has 18 heavy (non-hydrogen) atoms.